The third-order valence-corrected chi connectivity index (χ3v) is 3.88. The normalized spacial score (nSPS) is 19.7. The predicted molar refractivity (Wildman–Crippen MR) is 82.3 cm³/mol. The van der Waals surface area contributed by atoms with E-state index >= 15 is 0 Å². The minimum absolute atomic E-state index is 0.115. The van der Waals surface area contributed by atoms with E-state index in [1.807, 2.05) is 5.32 Å². The van der Waals surface area contributed by atoms with E-state index in [-0.39, 0.29) is 22.8 Å². The molecule has 1 aromatic rings. The van der Waals surface area contributed by atoms with Gasteiger partial charge in [-0.05, 0) is 25.1 Å². The van der Waals surface area contributed by atoms with Crippen molar-refractivity contribution in [2.45, 2.75) is 18.6 Å². The molecule has 26 heavy (non-hydrogen) atoms. The summed E-state index contributed by atoms with van der Waals surface area (Å²) in [5.41, 5.74) is -4.86. The number of nitriles is 1. The maximum Gasteiger partial charge on any atom is 0.425 e. The quantitative estimate of drug-likeness (QED) is 0.841. The van der Waals surface area contributed by atoms with Crippen LogP contribution in [-0.2, 0) is 4.79 Å². The van der Waals surface area contributed by atoms with Crippen molar-refractivity contribution < 1.29 is 32.2 Å². The zero-order valence-electron chi connectivity index (χ0n) is 13.9. The number of benzene rings is 1. The molecular formula is C16H14F3N3O4. The fraction of sp³-hybridized carbons (Fsp3) is 0.312. The summed E-state index contributed by atoms with van der Waals surface area (Å²) in [4.78, 5) is 24.4. The van der Waals surface area contributed by atoms with Gasteiger partial charge in [0.15, 0.2) is 11.5 Å². The molecule has 0 fully saturated rings. The monoisotopic (exact) mass is 369 g/mol. The first-order valence-corrected chi connectivity index (χ1v) is 7.16. The number of alkyl halides is 3. The Morgan fingerprint density at radius 1 is 1.27 bits per heavy atom. The van der Waals surface area contributed by atoms with Gasteiger partial charge in [0.05, 0.1) is 25.9 Å². The number of halogens is 3. The second-order valence-corrected chi connectivity index (χ2v) is 5.34. The smallest absolute Gasteiger partial charge is 0.425 e. The molecule has 0 spiro atoms. The van der Waals surface area contributed by atoms with E-state index in [0.29, 0.717) is 0 Å². The van der Waals surface area contributed by atoms with Crippen molar-refractivity contribution in [3.63, 3.8) is 0 Å². The third-order valence-electron chi connectivity index (χ3n) is 3.88. The van der Waals surface area contributed by atoms with Crippen LogP contribution in [0.4, 0.5) is 13.2 Å². The van der Waals surface area contributed by atoms with Crippen LogP contribution in [0.5, 0.6) is 11.5 Å². The van der Waals surface area contributed by atoms with Crippen LogP contribution in [0.3, 0.4) is 0 Å². The lowest BCUT2D eigenvalue weighted by Gasteiger charge is -2.30. The summed E-state index contributed by atoms with van der Waals surface area (Å²) in [5, 5.41) is 12.7. The van der Waals surface area contributed by atoms with Crippen molar-refractivity contribution in [2.75, 3.05) is 14.2 Å². The Hall–Kier alpha value is -3.22. The number of carbonyl (C=O) groups is 2. The lowest BCUT2D eigenvalue weighted by molar-refractivity contribution is -0.184. The molecule has 1 aliphatic rings. The average molecular weight is 369 g/mol. The van der Waals surface area contributed by atoms with Crippen molar-refractivity contribution in [3.8, 4) is 17.6 Å². The summed E-state index contributed by atoms with van der Waals surface area (Å²) >= 11 is 0. The second kappa shape index (κ2) is 6.59. The first-order chi connectivity index (χ1) is 12.1. The van der Waals surface area contributed by atoms with Crippen molar-refractivity contribution in [2.24, 2.45) is 0 Å². The highest BCUT2D eigenvalue weighted by Crippen LogP contribution is 2.41. The summed E-state index contributed by atoms with van der Waals surface area (Å²) in [5.74, 6) is -2.38. The van der Waals surface area contributed by atoms with Crippen LogP contribution in [0.25, 0.3) is 0 Å². The van der Waals surface area contributed by atoms with Crippen LogP contribution in [0, 0.1) is 11.3 Å². The van der Waals surface area contributed by atoms with Gasteiger partial charge in [0.2, 0.25) is 0 Å². The number of methoxy groups -OCH3 is 2. The number of hydrogen-bond acceptors (Lipinski definition) is 5. The molecule has 7 nitrogen and oxygen atoms in total. The van der Waals surface area contributed by atoms with Crippen LogP contribution >= 0.6 is 0 Å². The lowest BCUT2D eigenvalue weighted by Crippen LogP contribution is -2.64. The first-order valence-electron chi connectivity index (χ1n) is 7.16. The highest BCUT2D eigenvalue weighted by molar-refractivity contribution is 6.04. The number of nitrogens with one attached hydrogen (secondary N) is 2. The number of ether oxygens (including phenoxy) is 2. The van der Waals surface area contributed by atoms with Crippen molar-refractivity contribution >= 4 is 11.8 Å². The number of hydrogen-bond donors (Lipinski definition) is 2. The molecule has 0 radical (unpaired) electrons. The number of rotatable bonds is 4. The SMILES string of the molecule is COc1ccc(C(=O)N[C@]2(C(F)(F)F)C(=O)NC(C)=C2C#N)cc1OC. The number of nitrogens with zero attached hydrogens (tertiary/aromatic N) is 1. The minimum Gasteiger partial charge on any atom is -0.493 e. The summed E-state index contributed by atoms with van der Waals surface area (Å²) in [6, 6.07) is 5.05. The molecule has 2 rings (SSSR count). The Morgan fingerprint density at radius 2 is 1.88 bits per heavy atom. The molecule has 1 heterocycles. The van der Waals surface area contributed by atoms with Crippen LogP contribution in [-0.4, -0.2) is 37.7 Å². The molecule has 0 aromatic heterocycles. The Labute approximate surface area is 146 Å². The molecule has 0 unspecified atom stereocenters. The van der Waals surface area contributed by atoms with Gasteiger partial charge in [-0.25, -0.2) is 0 Å². The zero-order valence-corrected chi connectivity index (χ0v) is 13.9. The van der Waals surface area contributed by atoms with Crippen molar-refractivity contribution in [1.82, 2.24) is 10.6 Å². The molecule has 2 amide bonds. The van der Waals surface area contributed by atoms with Gasteiger partial charge in [-0.15, -0.1) is 0 Å². The molecule has 0 bridgehead atoms. The predicted octanol–water partition coefficient (Wildman–Crippen LogP) is 1.66. The molecule has 138 valence electrons. The first kappa shape index (κ1) is 19.1. The maximum atomic E-state index is 13.7. The molecule has 0 aliphatic carbocycles. The van der Waals surface area contributed by atoms with E-state index in [0.717, 1.165) is 13.0 Å². The lowest BCUT2D eigenvalue weighted by atomic mass is 9.89. The zero-order chi connectivity index (χ0) is 19.7. The van der Waals surface area contributed by atoms with Gasteiger partial charge in [-0.1, -0.05) is 0 Å². The Morgan fingerprint density at radius 3 is 2.38 bits per heavy atom. The molecule has 0 saturated heterocycles. The molecule has 1 atom stereocenters. The number of amides is 2. The molecule has 0 saturated carbocycles. The molecule has 2 N–H and O–H groups in total. The highest BCUT2D eigenvalue weighted by atomic mass is 19.4. The van der Waals surface area contributed by atoms with Gasteiger partial charge < -0.3 is 20.1 Å². The summed E-state index contributed by atoms with van der Waals surface area (Å²) in [7, 11) is 2.65. The Balaban J connectivity index is 2.51. The minimum atomic E-state index is -5.23. The third kappa shape index (κ3) is 2.81. The fourth-order valence-electron chi connectivity index (χ4n) is 2.57. The molecular weight excluding hydrogens is 355 g/mol. The van der Waals surface area contributed by atoms with Gasteiger partial charge in [-0.2, -0.15) is 18.4 Å². The van der Waals surface area contributed by atoms with Crippen LogP contribution in [0.1, 0.15) is 17.3 Å². The number of carbonyl (C=O) groups excluding carboxylic acids is 2. The van der Waals surface area contributed by atoms with Crippen LogP contribution in [0.15, 0.2) is 29.5 Å². The second-order valence-electron chi connectivity index (χ2n) is 5.34. The van der Waals surface area contributed by atoms with Crippen molar-refractivity contribution in [3.05, 3.63) is 35.0 Å². The maximum absolute atomic E-state index is 13.7. The topological polar surface area (TPSA) is 100 Å². The summed E-state index contributed by atoms with van der Waals surface area (Å²) < 4.78 is 51.1. The van der Waals surface area contributed by atoms with Gasteiger partial charge in [0, 0.05) is 11.3 Å². The van der Waals surface area contributed by atoms with E-state index < -0.39 is 29.1 Å². The molecule has 1 aliphatic heterocycles. The summed E-state index contributed by atoms with van der Waals surface area (Å²) in [6.07, 6.45) is -5.23. The Kier molecular flexibility index (Phi) is 4.84. The largest absolute Gasteiger partial charge is 0.493 e. The van der Waals surface area contributed by atoms with Crippen LogP contribution in [0.2, 0.25) is 0 Å². The van der Waals surface area contributed by atoms with E-state index in [1.54, 1.807) is 5.32 Å². The fourth-order valence-corrected chi connectivity index (χ4v) is 2.57. The highest BCUT2D eigenvalue weighted by Gasteiger charge is 2.67. The average Bonchev–Trinajstić information content (AvgIpc) is 2.83. The van der Waals surface area contributed by atoms with Gasteiger partial charge in [0.1, 0.15) is 0 Å². The van der Waals surface area contributed by atoms with E-state index in [1.165, 1.54) is 32.4 Å². The Bertz CT molecular complexity index is 842. The van der Waals surface area contributed by atoms with Gasteiger partial charge in [0.25, 0.3) is 17.4 Å². The van der Waals surface area contributed by atoms with Crippen LogP contribution < -0.4 is 20.1 Å². The standard InChI is InChI=1S/C16H14F3N3O4/c1-8-10(7-20)15(14(24)21-8,16(17,18)19)22-13(23)9-4-5-11(25-2)12(6-9)26-3/h4-6H,1-3H3,(H,21,24)(H,22,23)/t15-/m0/s1. The van der Waals surface area contributed by atoms with E-state index in [4.69, 9.17) is 14.7 Å². The van der Waals surface area contributed by atoms with Crippen molar-refractivity contribution in [1.29, 1.82) is 5.26 Å². The molecule has 1 aromatic carbocycles. The van der Waals surface area contributed by atoms with Gasteiger partial charge >= 0.3 is 6.18 Å². The van der Waals surface area contributed by atoms with E-state index in [9.17, 15) is 22.8 Å². The molecule has 10 heteroatoms. The summed E-state index contributed by atoms with van der Waals surface area (Å²) in [6.45, 7) is 1.15. The number of allylic oxidation sites excluding steroid dienone is 1. The van der Waals surface area contributed by atoms with Gasteiger partial charge in [-0.3, -0.25) is 9.59 Å². The van der Waals surface area contributed by atoms with E-state index in [2.05, 4.69) is 0 Å².